The molecule has 2 amide bonds. The predicted molar refractivity (Wildman–Crippen MR) is 57.0 cm³/mol. The highest BCUT2D eigenvalue weighted by molar-refractivity contribution is 5.87. The van der Waals surface area contributed by atoms with Crippen LogP contribution in [0, 0.1) is 5.41 Å². The molecule has 1 saturated heterocycles. The molecule has 86 valence electrons. The number of hydrogen-bond acceptors (Lipinski definition) is 3. The molecular formula is C10H19N3O2. The van der Waals surface area contributed by atoms with Crippen LogP contribution >= 0.6 is 0 Å². The van der Waals surface area contributed by atoms with Gasteiger partial charge in [0.2, 0.25) is 11.8 Å². The number of nitrogens with zero attached hydrogens (tertiary/aromatic N) is 1. The van der Waals surface area contributed by atoms with E-state index in [9.17, 15) is 9.59 Å². The fraction of sp³-hybridized carbons (Fsp3) is 0.800. The summed E-state index contributed by atoms with van der Waals surface area (Å²) in [5, 5.41) is 3.21. The molecule has 5 heteroatoms. The van der Waals surface area contributed by atoms with E-state index < -0.39 is 5.91 Å². The fourth-order valence-electron chi connectivity index (χ4n) is 1.96. The zero-order valence-corrected chi connectivity index (χ0v) is 9.38. The molecular weight excluding hydrogens is 194 g/mol. The number of likely N-dealkylation sites (N-methyl/N-ethyl adjacent to an activating group) is 1. The molecule has 1 aliphatic rings. The van der Waals surface area contributed by atoms with Crippen LogP contribution in [0.25, 0.3) is 0 Å². The second-order valence-electron chi connectivity index (χ2n) is 4.44. The van der Waals surface area contributed by atoms with Crippen LogP contribution in [0.5, 0.6) is 0 Å². The number of piperidine rings is 1. The number of carbonyl (C=O) groups is 2. The van der Waals surface area contributed by atoms with Crippen LogP contribution in [0.15, 0.2) is 0 Å². The summed E-state index contributed by atoms with van der Waals surface area (Å²) in [4.78, 5) is 24.2. The molecule has 0 saturated carbocycles. The zero-order valence-electron chi connectivity index (χ0n) is 9.38. The molecule has 0 aliphatic carbocycles. The Morgan fingerprint density at radius 1 is 1.40 bits per heavy atom. The lowest BCUT2D eigenvalue weighted by atomic mass is 9.80. The van der Waals surface area contributed by atoms with E-state index in [-0.39, 0.29) is 17.9 Å². The van der Waals surface area contributed by atoms with Gasteiger partial charge in [0.25, 0.3) is 0 Å². The molecule has 0 aromatic carbocycles. The van der Waals surface area contributed by atoms with Crippen molar-refractivity contribution >= 4 is 11.8 Å². The molecule has 1 fully saturated rings. The second-order valence-corrected chi connectivity index (χ2v) is 4.44. The van der Waals surface area contributed by atoms with Crippen LogP contribution in [-0.4, -0.2) is 43.4 Å². The molecule has 0 spiro atoms. The van der Waals surface area contributed by atoms with Crippen LogP contribution in [-0.2, 0) is 9.59 Å². The second kappa shape index (κ2) is 4.61. The molecule has 15 heavy (non-hydrogen) atoms. The molecule has 0 aromatic heterocycles. The van der Waals surface area contributed by atoms with Crippen molar-refractivity contribution in [3.05, 3.63) is 0 Å². The topological polar surface area (TPSA) is 75.4 Å². The molecule has 3 N–H and O–H groups in total. The smallest absolute Gasteiger partial charge is 0.237 e. The van der Waals surface area contributed by atoms with Crippen LogP contribution in [0.1, 0.15) is 19.8 Å². The third kappa shape index (κ3) is 2.92. The largest absolute Gasteiger partial charge is 0.368 e. The van der Waals surface area contributed by atoms with Gasteiger partial charge in [-0.15, -0.1) is 0 Å². The number of hydrogen-bond donors (Lipinski definition) is 2. The van der Waals surface area contributed by atoms with Gasteiger partial charge in [0.1, 0.15) is 0 Å². The minimum Gasteiger partial charge on any atom is -0.368 e. The lowest BCUT2D eigenvalue weighted by Gasteiger charge is -2.35. The standard InChI is InChI=1S/C10H19N3O2/c1-10(3-5-12-6-4-10)9(15)13(2)7-8(11)14/h12H,3-7H2,1-2H3,(H2,11,14). The van der Waals surface area contributed by atoms with Gasteiger partial charge in [-0.2, -0.15) is 0 Å². The van der Waals surface area contributed by atoms with E-state index in [1.807, 2.05) is 6.92 Å². The lowest BCUT2D eigenvalue weighted by Crippen LogP contribution is -2.48. The van der Waals surface area contributed by atoms with E-state index in [1.165, 1.54) is 4.90 Å². The van der Waals surface area contributed by atoms with Crippen molar-refractivity contribution in [2.75, 3.05) is 26.7 Å². The van der Waals surface area contributed by atoms with E-state index in [2.05, 4.69) is 5.32 Å². The van der Waals surface area contributed by atoms with E-state index in [0.717, 1.165) is 25.9 Å². The maximum atomic E-state index is 12.0. The number of carbonyl (C=O) groups excluding carboxylic acids is 2. The van der Waals surface area contributed by atoms with Gasteiger partial charge >= 0.3 is 0 Å². The first-order valence-electron chi connectivity index (χ1n) is 5.20. The highest BCUT2D eigenvalue weighted by atomic mass is 16.2. The summed E-state index contributed by atoms with van der Waals surface area (Å²) in [5.74, 6) is -0.453. The third-order valence-corrected chi connectivity index (χ3v) is 2.96. The van der Waals surface area contributed by atoms with Crippen molar-refractivity contribution < 1.29 is 9.59 Å². The lowest BCUT2D eigenvalue weighted by molar-refractivity contribution is -0.143. The molecule has 1 heterocycles. The van der Waals surface area contributed by atoms with Gasteiger partial charge in [-0.25, -0.2) is 0 Å². The van der Waals surface area contributed by atoms with Crippen LogP contribution in [0.2, 0.25) is 0 Å². The molecule has 0 bridgehead atoms. The number of nitrogens with one attached hydrogen (secondary N) is 1. The first-order chi connectivity index (χ1) is 6.96. The monoisotopic (exact) mass is 213 g/mol. The van der Waals surface area contributed by atoms with Gasteiger partial charge < -0.3 is 16.0 Å². The van der Waals surface area contributed by atoms with Crippen LogP contribution in [0.4, 0.5) is 0 Å². The Morgan fingerprint density at radius 2 is 1.93 bits per heavy atom. The molecule has 0 radical (unpaired) electrons. The fourth-order valence-corrected chi connectivity index (χ4v) is 1.96. The highest BCUT2D eigenvalue weighted by Crippen LogP contribution is 2.29. The average Bonchev–Trinajstić information content (AvgIpc) is 2.16. The summed E-state index contributed by atoms with van der Waals surface area (Å²) >= 11 is 0. The Kier molecular flexibility index (Phi) is 3.68. The summed E-state index contributed by atoms with van der Waals surface area (Å²) in [6.45, 7) is 3.66. The molecule has 5 nitrogen and oxygen atoms in total. The summed E-state index contributed by atoms with van der Waals surface area (Å²) < 4.78 is 0. The Hall–Kier alpha value is -1.10. The maximum absolute atomic E-state index is 12.0. The van der Waals surface area contributed by atoms with Crippen molar-refractivity contribution in [3.63, 3.8) is 0 Å². The Morgan fingerprint density at radius 3 is 2.40 bits per heavy atom. The van der Waals surface area contributed by atoms with E-state index in [0.29, 0.717) is 0 Å². The van der Waals surface area contributed by atoms with Gasteiger partial charge in [0, 0.05) is 12.5 Å². The SMILES string of the molecule is CN(CC(N)=O)C(=O)C1(C)CCNCC1. The molecule has 1 aliphatic heterocycles. The van der Waals surface area contributed by atoms with Crippen molar-refractivity contribution in [2.24, 2.45) is 11.1 Å². The highest BCUT2D eigenvalue weighted by Gasteiger charge is 2.36. The Labute approximate surface area is 90.0 Å². The summed E-state index contributed by atoms with van der Waals surface area (Å²) in [5.41, 5.74) is 4.72. The number of primary amides is 1. The number of nitrogens with two attached hydrogens (primary N) is 1. The number of amides is 2. The maximum Gasteiger partial charge on any atom is 0.237 e. The minimum absolute atomic E-state index is 0.00184. The Balaban J connectivity index is 2.61. The van der Waals surface area contributed by atoms with Gasteiger partial charge in [0.15, 0.2) is 0 Å². The van der Waals surface area contributed by atoms with E-state index in [4.69, 9.17) is 5.73 Å². The Bertz CT molecular complexity index is 259. The van der Waals surface area contributed by atoms with Gasteiger partial charge in [-0.05, 0) is 25.9 Å². The quantitative estimate of drug-likeness (QED) is 0.652. The minimum atomic E-state index is -0.469. The van der Waals surface area contributed by atoms with Crippen LogP contribution in [0.3, 0.4) is 0 Å². The van der Waals surface area contributed by atoms with Gasteiger partial charge in [0.05, 0.1) is 6.54 Å². The van der Waals surface area contributed by atoms with Crippen molar-refractivity contribution in [1.29, 1.82) is 0 Å². The van der Waals surface area contributed by atoms with Crippen molar-refractivity contribution in [2.45, 2.75) is 19.8 Å². The van der Waals surface area contributed by atoms with E-state index >= 15 is 0 Å². The third-order valence-electron chi connectivity index (χ3n) is 2.96. The molecule has 0 aromatic rings. The van der Waals surface area contributed by atoms with Crippen molar-refractivity contribution in [3.8, 4) is 0 Å². The van der Waals surface area contributed by atoms with Gasteiger partial charge in [-0.3, -0.25) is 9.59 Å². The normalized spacial score (nSPS) is 19.6. The molecule has 0 atom stereocenters. The van der Waals surface area contributed by atoms with E-state index in [1.54, 1.807) is 7.05 Å². The first kappa shape index (κ1) is 12.0. The average molecular weight is 213 g/mol. The number of rotatable bonds is 3. The summed E-state index contributed by atoms with van der Waals surface area (Å²) in [6.07, 6.45) is 1.63. The van der Waals surface area contributed by atoms with Crippen LogP contribution < -0.4 is 11.1 Å². The molecule has 0 unspecified atom stereocenters. The van der Waals surface area contributed by atoms with Crippen molar-refractivity contribution in [1.82, 2.24) is 10.2 Å². The summed E-state index contributed by atoms with van der Waals surface area (Å²) in [6, 6.07) is 0. The zero-order chi connectivity index (χ0) is 11.5. The summed E-state index contributed by atoms with van der Waals surface area (Å²) in [7, 11) is 1.63. The molecule has 1 rings (SSSR count). The first-order valence-corrected chi connectivity index (χ1v) is 5.20. The van der Waals surface area contributed by atoms with Gasteiger partial charge in [-0.1, -0.05) is 6.92 Å². The predicted octanol–water partition coefficient (Wildman–Crippen LogP) is -0.680.